The van der Waals surface area contributed by atoms with Crippen molar-refractivity contribution in [1.29, 1.82) is 0 Å². The molecule has 0 aromatic rings. The fraction of sp³-hybridized carbons (Fsp3) is 1.00. The number of nitrogens with zero attached hydrogens (tertiary/aromatic N) is 1. The zero-order valence-electron chi connectivity index (χ0n) is 12.1. The third kappa shape index (κ3) is 4.06. The van der Waals surface area contributed by atoms with Gasteiger partial charge in [-0.3, -0.25) is 0 Å². The van der Waals surface area contributed by atoms with E-state index in [0.717, 1.165) is 12.6 Å². The van der Waals surface area contributed by atoms with Crippen LogP contribution in [0.5, 0.6) is 0 Å². The summed E-state index contributed by atoms with van der Waals surface area (Å²) in [7, 11) is 4.32. The van der Waals surface area contributed by atoms with Gasteiger partial charge in [0, 0.05) is 18.1 Å². The molecule has 0 aromatic heterocycles. The van der Waals surface area contributed by atoms with Gasteiger partial charge >= 0.3 is 0 Å². The largest absolute Gasteiger partial charge is 0.312 e. The molecule has 0 spiro atoms. The average Bonchev–Trinajstić information content (AvgIpc) is 2.13. The summed E-state index contributed by atoms with van der Waals surface area (Å²) in [4.78, 5) is 2.30. The van der Waals surface area contributed by atoms with Crippen molar-refractivity contribution in [3.8, 4) is 0 Å². The van der Waals surface area contributed by atoms with E-state index < -0.39 is 0 Å². The lowest BCUT2D eigenvalue weighted by atomic mass is 9.75. The maximum Gasteiger partial charge on any atom is 0.0271 e. The maximum absolute atomic E-state index is 3.76. The van der Waals surface area contributed by atoms with Gasteiger partial charge in [0.05, 0.1) is 0 Å². The van der Waals surface area contributed by atoms with Crippen molar-refractivity contribution in [3.05, 3.63) is 0 Å². The molecule has 1 aliphatic carbocycles. The molecule has 0 bridgehead atoms. The van der Waals surface area contributed by atoms with Crippen LogP contribution in [0.1, 0.15) is 53.4 Å². The zero-order chi connectivity index (χ0) is 12.4. The minimum atomic E-state index is 0.252. The molecule has 2 heteroatoms. The molecular weight excluding hydrogens is 196 g/mol. The SMILES string of the molecule is CN(C)C(C)(C)CNC1CCCC(C)(C)C1. The first-order valence-corrected chi connectivity index (χ1v) is 6.64. The quantitative estimate of drug-likeness (QED) is 0.793. The van der Waals surface area contributed by atoms with Crippen LogP contribution in [0.3, 0.4) is 0 Å². The Morgan fingerprint density at radius 1 is 1.31 bits per heavy atom. The van der Waals surface area contributed by atoms with E-state index in [-0.39, 0.29) is 5.54 Å². The molecule has 0 heterocycles. The Hall–Kier alpha value is -0.0800. The van der Waals surface area contributed by atoms with Crippen LogP contribution in [0.2, 0.25) is 0 Å². The molecule has 0 radical (unpaired) electrons. The van der Waals surface area contributed by atoms with Crippen molar-refractivity contribution in [2.24, 2.45) is 5.41 Å². The van der Waals surface area contributed by atoms with Gasteiger partial charge in [0.25, 0.3) is 0 Å². The Morgan fingerprint density at radius 3 is 2.44 bits per heavy atom. The van der Waals surface area contributed by atoms with Crippen LogP contribution in [0.15, 0.2) is 0 Å². The van der Waals surface area contributed by atoms with E-state index >= 15 is 0 Å². The fourth-order valence-corrected chi connectivity index (χ4v) is 2.42. The number of hydrogen-bond donors (Lipinski definition) is 1. The first kappa shape index (κ1) is 14.0. The minimum Gasteiger partial charge on any atom is -0.312 e. The molecule has 1 unspecified atom stereocenters. The molecule has 1 aliphatic rings. The Labute approximate surface area is 102 Å². The molecule has 0 amide bonds. The van der Waals surface area contributed by atoms with Crippen molar-refractivity contribution >= 4 is 0 Å². The van der Waals surface area contributed by atoms with E-state index in [1.165, 1.54) is 25.7 Å². The Balaban J connectivity index is 2.38. The predicted molar refractivity (Wildman–Crippen MR) is 71.8 cm³/mol. The molecule has 1 N–H and O–H groups in total. The normalized spacial score (nSPS) is 26.1. The van der Waals surface area contributed by atoms with Crippen molar-refractivity contribution in [2.45, 2.75) is 65.0 Å². The van der Waals surface area contributed by atoms with Crippen LogP contribution in [-0.2, 0) is 0 Å². The smallest absolute Gasteiger partial charge is 0.0271 e. The second-order valence-corrected chi connectivity index (χ2v) is 7.05. The van der Waals surface area contributed by atoms with Gasteiger partial charge in [-0.05, 0) is 52.6 Å². The third-order valence-corrected chi connectivity index (χ3v) is 4.24. The van der Waals surface area contributed by atoms with Gasteiger partial charge in [0.15, 0.2) is 0 Å². The van der Waals surface area contributed by atoms with Crippen molar-refractivity contribution in [1.82, 2.24) is 10.2 Å². The molecule has 96 valence electrons. The molecule has 1 fully saturated rings. The molecule has 0 saturated heterocycles. The predicted octanol–water partition coefficient (Wildman–Crippen LogP) is 2.89. The molecule has 1 atom stereocenters. The van der Waals surface area contributed by atoms with E-state index in [9.17, 15) is 0 Å². The van der Waals surface area contributed by atoms with Crippen LogP contribution in [0.4, 0.5) is 0 Å². The number of likely N-dealkylation sites (N-methyl/N-ethyl adjacent to an activating group) is 1. The average molecular weight is 226 g/mol. The van der Waals surface area contributed by atoms with Crippen LogP contribution < -0.4 is 5.32 Å². The Kier molecular flexibility index (Phi) is 4.42. The van der Waals surface area contributed by atoms with Crippen molar-refractivity contribution in [3.63, 3.8) is 0 Å². The van der Waals surface area contributed by atoms with E-state index in [1.807, 2.05) is 0 Å². The summed E-state index contributed by atoms with van der Waals surface area (Å²) in [6, 6.07) is 0.725. The summed E-state index contributed by atoms with van der Waals surface area (Å²) in [5.74, 6) is 0. The standard InChI is InChI=1S/C14H30N2/c1-13(2)9-7-8-12(10-13)15-11-14(3,4)16(5)6/h12,15H,7-11H2,1-6H3. The highest BCUT2D eigenvalue weighted by Crippen LogP contribution is 2.35. The minimum absolute atomic E-state index is 0.252. The summed E-state index contributed by atoms with van der Waals surface area (Å²) in [6.45, 7) is 10.5. The van der Waals surface area contributed by atoms with Gasteiger partial charge < -0.3 is 10.2 Å². The summed E-state index contributed by atoms with van der Waals surface area (Å²) in [5, 5.41) is 3.76. The molecule has 2 nitrogen and oxygen atoms in total. The van der Waals surface area contributed by atoms with E-state index in [1.54, 1.807) is 0 Å². The lowest BCUT2D eigenvalue weighted by Gasteiger charge is -2.39. The molecular formula is C14H30N2. The number of nitrogens with one attached hydrogen (secondary N) is 1. The maximum atomic E-state index is 3.76. The summed E-state index contributed by atoms with van der Waals surface area (Å²) in [6.07, 6.45) is 5.46. The molecule has 1 saturated carbocycles. The zero-order valence-corrected chi connectivity index (χ0v) is 12.1. The van der Waals surface area contributed by atoms with Crippen LogP contribution in [0, 0.1) is 5.41 Å². The van der Waals surface area contributed by atoms with Crippen LogP contribution in [0.25, 0.3) is 0 Å². The number of hydrogen-bond acceptors (Lipinski definition) is 2. The molecule has 16 heavy (non-hydrogen) atoms. The first-order valence-electron chi connectivity index (χ1n) is 6.64. The molecule has 1 rings (SSSR count). The molecule has 0 aliphatic heterocycles. The van der Waals surface area contributed by atoms with E-state index in [4.69, 9.17) is 0 Å². The highest BCUT2D eigenvalue weighted by atomic mass is 15.2. The van der Waals surface area contributed by atoms with Gasteiger partial charge in [0.1, 0.15) is 0 Å². The monoisotopic (exact) mass is 226 g/mol. The van der Waals surface area contributed by atoms with Crippen molar-refractivity contribution < 1.29 is 0 Å². The first-order chi connectivity index (χ1) is 7.23. The lowest BCUT2D eigenvalue weighted by Crippen LogP contribution is -2.50. The van der Waals surface area contributed by atoms with Crippen LogP contribution in [-0.4, -0.2) is 37.1 Å². The Morgan fingerprint density at radius 2 is 1.94 bits per heavy atom. The van der Waals surface area contributed by atoms with Gasteiger partial charge in [-0.25, -0.2) is 0 Å². The van der Waals surface area contributed by atoms with Crippen LogP contribution >= 0.6 is 0 Å². The second-order valence-electron chi connectivity index (χ2n) is 7.05. The highest BCUT2D eigenvalue weighted by Gasteiger charge is 2.29. The van der Waals surface area contributed by atoms with Gasteiger partial charge in [0.2, 0.25) is 0 Å². The van der Waals surface area contributed by atoms with Gasteiger partial charge in [-0.1, -0.05) is 20.3 Å². The fourth-order valence-electron chi connectivity index (χ4n) is 2.42. The van der Waals surface area contributed by atoms with Gasteiger partial charge in [-0.15, -0.1) is 0 Å². The summed E-state index contributed by atoms with van der Waals surface area (Å²) < 4.78 is 0. The highest BCUT2D eigenvalue weighted by molar-refractivity contribution is 4.87. The van der Waals surface area contributed by atoms with E-state index in [2.05, 4.69) is 52.0 Å². The van der Waals surface area contributed by atoms with Gasteiger partial charge in [-0.2, -0.15) is 0 Å². The molecule has 0 aromatic carbocycles. The second kappa shape index (κ2) is 5.05. The topological polar surface area (TPSA) is 15.3 Å². The summed E-state index contributed by atoms with van der Waals surface area (Å²) >= 11 is 0. The summed E-state index contributed by atoms with van der Waals surface area (Å²) in [5.41, 5.74) is 0.791. The Bertz CT molecular complexity index is 219. The third-order valence-electron chi connectivity index (χ3n) is 4.24. The van der Waals surface area contributed by atoms with E-state index in [0.29, 0.717) is 5.41 Å². The van der Waals surface area contributed by atoms with Crippen molar-refractivity contribution in [2.75, 3.05) is 20.6 Å². The lowest BCUT2D eigenvalue weighted by molar-refractivity contribution is 0.154. The number of rotatable bonds is 4.